The van der Waals surface area contributed by atoms with Crippen LogP contribution in [0.25, 0.3) is 0 Å². The van der Waals surface area contributed by atoms with Crippen LogP contribution in [-0.4, -0.2) is 73.1 Å². The Morgan fingerprint density at radius 2 is 1.88 bits per heavy atom. The molecular weight excluding hydrogens is 643 g/mol. The molecule has 4 aromatic rings. The number of methoxy groups -OCH3 is 1. The van der Waals surface area contributed by atoms with Gasteiger partial charge in [0.2, 0.25) is 5.91 Å². The average molecular weight is 696 g/mol. The molecule has 0 aliphatic carbocycles. The predicted octanol–water partition coefficient (Wildman–Crippen LogP) is 5.76. The van der Waals surface area contributed by atoms with Gasteiger partial charge in [-0.15, -0.1) is 5.10 Å². The molecule has 266 valence electrons. The lowest BCUT2D eigenvalue weighted by Gasteiger charge is -2.36. The number of carbonyl (C=O) groups is 1. The zero-order valence-electron chi connectivity index (χ0n) is 29.9. The Morgan fingerprint density at radius 3 is 2.60 bits per heavy atom. The fourth-order valence-electron chi connectivity index (χ4n) is 8.25. The standard InChI is InChI=1S/C40H53N5O4Si/c1-28-37(20-15-29-10-8-14-32(24-29)42-40(47)31-13-9-22-41-25-31)49-38(39(28)50(3,4)34-18-16-33(48-2)17-19-34)21-23-45-26-36(43-44-45)35(27-46)30-11-6-5-7-12-30/h5-8,10-12,14,16-19,24,26,28,31,35,37-39,41,46H,9,13,15,20-23,25,27H2,1-4H3,(H,42,47)/t28-,31?,35?,37+,38-,39+/m0/s1. The van der Waals surface area contributed by atoms with Gasteiger partial charge in [-0.2, -0.15) is 0 Å². The summed E-state index contributed by atoms with van der Waals surface area (Å²) in [6, 6.07) is 26.9. The summed E-state index contributed by atoms with van der Waals surface area (Å²) in [6.07, 6.45) is 6.75. The number of rotatable bonds is 14. The summed E-state index contributed by atoms with van der Waals surface area (Å²) in [5.74, 6) is 1.16. The molecule has 0 bridgehead atoms. The van der Waals surface area contributed by atoms with E-state index in [1.807, 2.05) is 53.3 Å². The van der Waals surface area contributed by atoms with Gasteiger partial charge in [0.25, 0.3) is 0 Å². The van der Waals surface area contributed by atoms with Crippen molar-refractivity contribution >= 4 is 24.9 Å². The number of piperidine rings is 1. The average Bonchev–Trinajstić information content (AvgIpc) is 3.75. The van der Waals surface area contributed by atoms with E-state index in [0.717, 1.165) is 67.9 Å². The number of hydrogen-bond donors (Lipinski definition) is 3. The lowest BCUT2D eigenvalue weighted by molar-refractivity contribution is -0.120. The lowest BCUT2D eigenvalue weighted by atomic mass is 9.95. The number of aliphatic hydroxyl groups is 1. The number of carbonyl (C=O) groups excluding carboxylic acids is 1. The zero-order chi connectivity index (χ0) is 35.1. The van der Waals surface area contributed by atoms with Crippen LogP contribution in [0.3, 0.4) is 0 Å². The maximum atomic E-state index is 12.9. The van der Waals surface area contributed by atoms with Crippen LogP contribution in [-0.2, 0) is 22.5 Å². The van der Waals surface area contributed by atoms with E-state index in [-0.39, 0.29) is 36.6 Å². The molecule has 3 aromatic carbocycles. The Balaban J connectivity index is 1.16. The summed E-state index contributed by atoms with van der Waals surface area (Å²) in [6.45, 7) is 9.72. The Bertz CT molecular complexity index is 1670. The van der Waals surface area contributed by atoms with Crippen LogP contribution < -0.4 is 20.6 Å². The zero-order valence-corrected chi connectivity index (χ0v) is 30.9. The van der Waals surface area contributed by atoms with Crippen molar-refractivity contribution in [2.45, 2.75) is 82.3 Å². The number of hydrogen-bond acceptors (Lipinski definition) is 7. The first-order valence-corrected chi connectivity index (χ1v) is 21.3. The fourth-order valence-corrected chi connectivity index (χ4v) is 12.4. The van der Waals surface area contributed by atoms with Crippen molar-refractivity contribution in [3.63, 3.8) is 0 Å². The number of benzene rings is 3. The molecule has 10 heteroatoms. The molecule has 6 rings (SSSR count). The van der Waals surface area contributed by atoms with Crippen molar-refractivity contribution in [1.82, 2.24) is 20.3 Å². The van der Waals surface area contributed by atoms with Gasteiger partial charge in [0.05, 0.1) is 51.5 Å². The van der Waals surface area contributed by atoms with Crippen LogP contribution in [0.4, 0.5) is 5.69 Å². The third-order valence-corrected chi connectivity index (χ3v) is 15.5. The van der Waals surface area contributed by atoms with Crippen molar-refractivity contribution in [2.75, 3.05) is 32.1 Å². The molecule has 3 heterocycles. The molecule has 2 saturated heterocycles. The van der Waals surface area contributed by atoms with Gasteiger partial charge >= 0.3 is 0 Å². The minimum Gasteiger partial charge on any atom is -0.497 e. The molecule has 0 spiro atoms. The number of nitrogens with zero attached hydrogens (tertiary/aromatic N) is 3. The van der Waals surface area contributed by atoms with E-state index in [2.05, 4.69) is 77.4 Å². The van der Waals surface area contributed by atoms with Crippen LogP contribution in [0.2, 0.25) is 18.6 Å². The van der Waals surface area contributed by atoms with Crippen LogP contribution in [0.5, 0.6) is 5.75 Å². The van der Waals surface area contributed by atoms with Gasteiger partial charge in [-0.3, -0.25) is 9.48 Å². The predicted molar refractivity (Wildman–Crippen MR) is 201 cm³/mol. The van der Waals surface area contributed by atoms with Crippen molar-refractivity contribution in [3.8, 4) is 5.75 Å². The summed E-state index contributed by atoms with van der Waals surface area (Å²) in [5, 5.41) is 27.0. The molecule has 9 nitrogen and oxygen atoms in total. The fraction of sp³-hybridized carbons (Fsp3) is 0.475. The molecule has 50 heavy (non-hydrogen) atoms. The van der Waals surface area contributed by atoms with Gasteiger partial charge in [-0.05, 0) is 85.5 Å². The smallest absolute Gasteiger partial charge is 0.228 e. The van der Waals surface area contributed by atoms with Crippen molar-refractivity contribution in [3.05, 3.63) is 102 Å². The number of amides is 1. The van der Waals surface area contributed by atoms with Crippen molar-refractivity contribution < 1.29 is 19.4 Å². The molecule has 2 unspecified atom stereocenters. The van der Waals surface area contributed by atoms with Gasteiger partial charge in [-0.25, -0.2) is 0 Å². The Morgan fingerprint density at radius 1 is 1.08 bits per heavy atom. The molecule has 1 amide bonds. The largest absolute Gasteiger partial charge is 0.497 e. The molecule has 3 N–H and O–H groups in total. The number of aliphatic hydroxyl groups excluding tert-OH is 1. The highest BCUT2D eigenvalue weighted by molar-refractivity contribution is 6.91. The highest BCUT2D eigenvalue weighted by Crippen LogP contribution is 2.46. The molecular formula is C40H53N5O4Si. The normalized spacial score (nSPS) is 23.0. The second kappa shape index (κ2) is 16.5. The third kappa shape index (κ3) is 8.37. The highest BCUT2D eigenvalue weighted by atomic mass is 28.3. The van der Waals surface area contributed by atoms with Crippen molar-refractivity contribution in [2.24, 2.45) is 11.8 Å². The first-order chi connectivity index (χ1) is 24.3. The van der Waals surface area contributed by atoms with E-state index >= 15 is 0 Å². The van der Waals surface area contributed by atoms with Gasteiger partial charge < -0.3 is 25.2 Å². The quantitative estimate of drug-likeness (QED) is 0.144. The van der Waals surface area contributed by atoms with Crippen LogP contribution >= 0.6 is 0 Å². The Labute approximate surface area is 297 Å². The van der Waals surface area contributed by atoms with Gasteiger partial charge in [0.15, 0.2) is 0 Å². The van der Waals surface area contributed by atoms with Gasteiger partial charge in [0.1, 0.15) is 5.75 Å². The molecule has 2 aliphatic heterocycles. The van der Waals surface area contributed by atoms with E-state index in [1.54, 1.807) is 7.11 Å². The van der Waals surface area contributed by atoms with Crippen LogP contribution in [0, 0.1) is 11.8 Å². The number of aryl methyl sites for hydroxylation is 2. The second-order valence-electron chi connectivity index (χ2n) is 14.7. The minimum atomic E-state index is -2.01. The molecule has 0 saturated carbocycles. The monoisotopic (exact) mass is 695 g/mol. The van der Waals surface area contributed by atoms with Crippen LogP contribution in [0.1, 0.15) is 55.3 Å². The minimum absolute atomic E-state index is 0.0232. The lowest BCUT2D eigenvalue weighted by Crippen LogP contribution is -2.50. The third-order valence-electron chi connectivity index (χ3n) is 11.1. The van der Waals surface area contributed by atoms with E-state index < -0.39 is 8.07 Å². The topological polar surface area (TPSA) is 111 Å². The maximum Gasteiger partial charge on any atom is 0.228 e. The molecule has 0 radical (unpaired) electrons. The summed E-state index contributed by atoms with van der Waals surface area (Å²) in [5.41, 5.74) is 4.27. The van der Waals surface area contributed by atoms with Crippen LogP contribution in [0.15, 0.2) is 85.1 Å². The van der Waals surface area contributed by atoms with E-state index in [0.29, 0.717) is 18.0 Å². The maximum absolute atomic E-state index is 12.9. The molecule has 2 aliphatic rings. The van der Waals surface area contributed by atoms with Gasteiger partial charge in [0, 0.05) is 25.0 Å². The number of ether oxygens (including phenoxy) is 2. The summed E-state index contributed by atoms with van der Waals surface area (Å²) in [7, 11) is -0.305. The SMILES string of the molecule is COc1ccc([Si](C)(C)[C@@H]2[C@@H](C)[C@@H](CCc3cccc(NC(=O)C4CCCNC4)c3)O[C@H]2CCn2cc(C(CO)c3ccccc3)nn2)cc1. The summed E-state index contributed by atoms with van der Waals surface area (Å²) in [4.78, 5) is 12.9. The number of anilines is 1. The number of nitrogens with one attached hydrogen (secondary N) is 2. The highest BCUT2D eigenvalue weighted by Gasteiger charge is 2.50. The molecule has 6 atom stereocenters. The molecule has 1 aromatic heterocycles. The van der Waals surface area contributed by atoms with E-state index in [1.165, 1.54) is 10.8 Å². The van der Waals surface area contributed by atoms with Gasteiger partial charge in [-0.1, -0.05) is 85.0 Å². The number of aromatic nitrogens is 3. The summed E-state index contributed by atoms with van der Waals surface area (Å²) >= 11 is 0. The first-order valence-electron chi connectivity index (χ1n) is 18.2. The second-order valence-corrected chi connectivity index (χ2v) is 19.3. The summed E-state index contributed by atoms with van der Waals surface area (Å²) < 4.78 is 14.4. The molecule has 2 fully saturated rings. The van der Waals surface area contributed by atoms with E-state index in [9.17, 15) is 9.90 Å². The first kappa shape index (κ1) is 36.0. The van der Waals surface area contributed by atoms with E-state index in [4.69, 9.17) is 9.47 Å². The Kier molecular flexibility index (Phi) is 11.8. The Hall–Kier alpha value is -3.83. The van der Waals surface area contributed by atoms with Crippen molar-refractivity contribution in [1.29, 1.82) is 0 Å².